The fourth-order valence-electron chi connectivity index (χ4n) is 3.96. The van der Waals surface area contributed by atoms with Crippen molar-refractivity contribution in [2.24, 2.45) is 5.73 Å². The molecule has 30 heavy (non-hydrogen) atoms. The third-order valence-corrected chi connectivity index (χ3v) is 6.70. The molecule has 0 saturated carbocycles. The van der Waals surface area contributed by atoms with Crippen LogP contribution in [0.25, 0.3) is 0 Å². The molecule has 1 heterocycles. The van der Waals surface area contributed by atoms with E-state index in [-0.39, 0.29) is 22.1 Å². The van der Waals surface area contributed by atoms with Gasteiger partial charge in [-0.2, -0.15) is 13.7 Å². The van der Waals surface area contributed by atoms with Crippen LogP contribution in [-0.2, 0) is 14.9 Å². The maximum Gasteiger partial charge on any atom is 0.339 e. The van der Waals surface area contributed by atoms with Crippen LogP contribution in [0.15, 0.2) is 76.2 Å². The van der Waals surface area contributed by atoms with Gasteiger partial charge in [0.05, 0.1) is 5.92 Å². The lowest BCUT2D eigenvalue weighted by Crippen LogP contribution is -2.23. The minimum Gasteiger partial charge on any atom is -0.445 e. The van der Waals surface area contributed by atoms with E-state index in [0.29, 0.717) is 5.56 Å². The number of nitriles is 1. The third-order valence-electron chi connectivity index (χ3n) is 5.45. The lowest BCUT2D eigenvalue weighted by Gasteiger charge is -2.32. The molecule has 2 aromatic rings. The Bertz CT molecular complexity index is 1190. The van der Waals surface area contributed by atoms with Gasteiger partial charge in [-0.05, 0) is 50.0 Å². The van der Waals surface area contributed by atoms with E-state index >= 15 is 0 Å². The van der Waals surface area contributed by atoms with E-state index in [1.54, 1.807) is 36.4 Å². The Morgan fingerprint density at radius 3 is 2.53 bits per heavy atom. The molecule has 1 atom stereocenters. The van der Waals surface area contributed by atoms with Gasteiger partial charge in [-0.15, -0.1) is 0 Å². The van der Waals surface area contributed by atoms with Crippen LogP contribution < -0.4 is 9.92 Å². The van der Waals surface area contributed by atoms with Crippen LogP contribution >= 0.6 is 0 Å². The topological polar surface area (TPSA) is 102 Å². The van der Waals surface area contributed by atoms with E-state index in [4.69, 9.17) is 14.7 Å². The van der Waals surface area contributed by atoms with E-state index in [1.807, 2.05) is 6.92 Å². The predicted molar refractivity (Wildman–Crippen MR) is 112 cm³/mol. The first-order valence-electron chi connectivity index (χ1n) is 9.80. The number of para-hydroxylation sites is 1. The molecule has 0 fully saturated rings. The number of nitrogens with two attached hydrogens (primary N) is 1. The van der Waals surface area contributed by atoms with Crippen molar-refractivity contribution in [1.82, 2.24) is 0 Å². The average Bonchev–Trinajstić information content (AvgIpc) is 2.73. The van der Waals surface area contributed by atoms with Crippen LogP contribution in [0.5, 0.6) is 5.75 Å². The molecule has 0 aromatic heterocycles. The van der Waals surface area contributed by atoms with Crippen LogP contribution in [-0.4, -0.2) is 8.42 Å². The summed E-state index contributed by atoms with van der Waals surface area (Å²) in [4.78, 5) is 0.0722. The second kappa shape index (κ2) is 7.88. The van der Waals surface area contributed by atoms with E-state index in [0.717, 1.165) is 42.6 Å². The Balaban J connectivity index is 1.79. The molecular formula is C23H22N2O4S. The van der Waals surface area contributed by atoms with Crippen molar-refractivity contribution in [2.45, 2.75) is 43.4 Å². The molecule has 7 heteroatoms. The number of hydrogen-bond acceptors (Lipinski definition) is 6. The van der Waals surface area contributed by atoms with E-state index in [9.17, 15) is 13.7 Å². The molecule has 0 spiro atoms. The van der Waals surface area contributed by atoms with Crippen molar-refractivity contribution in [2.75, 3.05) is 0 Å². The average molecular weight is 423 g/mol. The van der Waals surface area contributed by atoms with Crippen molar-refractivity contribution >= 4 is 10.1 Å². The molecule has 0 saturated heterocycles. The second-order valence-corrected chi connectivity index (χ2v) is 9.01. The van der Waals surface area contributed by atoms with Crippen molar-refractivity contribution in [1.29, 1.82) is 5.26 Å². The van der Waals surface area contributed by atoms with Gasteiger partial charge in [-0.3, -0.25) is 0 Å². The lowest BCUT2D eigenvalue weighted by molar-refractivity contribution is 0.250. The molecule has 0 amide bonds. The van der Waals surface area contributed by atoms with Gasteiger partial charge in [0.15, 0.2) is 0 Å². The highest BCUT2D eigenvalue weighted by molar-refractivity contribution is 7.87. The molecule has 154 valence electrons. The van der Waals surface area contributed by atoms with Crippen molar-refractivity contribution < 1.29 is 17.3 Å². The summed E-state index contributed by atoms with van der Waals surface area (Å²) in [5.41, 5.74) is 8.83. The van der Waals surface area contributed by atoms with Gasteiger partial charge < -0.3 is 14.7 Å². The molecular weight excluding hydrogens is 400 g/mol. The van der Waals surface area contributed by atoms with E-state index in [1.165, 1.54) is 12.1 Å². The summed E-state index contributed by atoms with van der Waals surface area (Å²) < 4.78 is 37.0. The van der Waals surface area contributed by atoms with E-state index < -0.39 is 16.0 Å². The highest BCUT2D eigenvalue weighted by Crippen LogP contribution is 2.47. The summed E-state index contributed by atoms with van der Waals surface area (Å²) in [5, 5.41) is 9.76. The predicted octanol–water partition coefficient (Wildman–Crippen LogP) is 4.40. The van der Waals surface area contributed by atoms with Gasteiger partial charge in [0.25, 0.3) is 0 Å². The van der Waals surface area contributed by atoms with Crippen LogP contribution in [0.2, 0.25) is 0 Å². The molecule has 1 unspecified atom stereocenters. The first-order chi connectivity index (χ1) is 14.4. The van der Waals surface area contributed by atoms with Crippen molar-refractivity contribution in [3.8, 4) is 11.8 Å². The Morgan fingerprint density at radius 2 is 1.80 bits per heavy atom. The minimum atomic E-state index is -4.04. The summed E-state index contributed by atoms with van der Waals surface area (Å²) in [5.74, 6) is 0.546. The van der Waals surface area contributed by atoms with Crippen molar-refractivity contribution in [3.63, 3.8) is 0 Å². The number of hydrogen-bond donors (Lipinski definition) is 1. The molecule has 0 bridgehead atoms. The molecule has 2 aromatic carbocycles. The van der Waals surface area contributed by atoms with Crippen molar-refractivity contribution in [3.05, 3.63) is 82.4 Å². The highest BCUT2D eigenvalue weighted by atomic mass is 32.2. The number of ether oxygens (including phenoxy) is 1. The van der Waals surface area contributed by atoms with Crippen LogP contribution in [0.1, 0.15) is 42.7 Å². The first kappa shape index (κ1) is 20.0. The Hall–Kier alpha value is -3.24. The summed E-state index contributed by atoms with van der Waals surface area (Å²) >= 11 is 0. The maximum absolute atomic E-state index is 12.9. The second-order valence-electron chi connectivity index (χ2n) is 7.47. The standard InChI is InChI=1S/C23H22N2O4S/c1-15-10-12-16(13-11-15)30(26,27)29-21-9-5-3-7-18(21)22-17-6-2-4-8-20(17)28-23(25)19(22)14-24/h3,5,7,9-13,22H,2,4,6,8,25H2,1H3. The van der Waals surface area contributed by atoms with Gasteiger partial charge in [0.2, 0.25) is 5.88 Å². The molecule has 2 aliphatic rings. The molecule has 1 aliphatic heterocycles. The van der Waals surface area contributed by atoms with Crippen LogP contribution in [0.3, 0.4) is 0 Å². The molecule has 6 nitrogen and oxygen atoms in total. The smallest absolute Gasteiger partial charge is 0.339 e. The van der Waals surface area contributed by atoms with Gasteiger partial charge in [-0.25, -0.2) is 0 Å². The van der Waals surface area contributed by atoms with Gasteiger partial charge in [-0.1, -0.05) is 35.9 Å². The fourth-order valence-corrected chi connectivity index (χ4v) is 4.91. The number of nitrogens with zero attached hydrogens (tertiary/aromatic N) is 1. The largest absolute Gasteiger partial charge is 0.445 e. The zero-order valence-electron chi connectivity index (χ0n) is 16.6. The fraction of sp³-hybridized carbons (Fsp3) is 0.261. The van der Waals surface area contributed by atoms with Gasteiger partial charge >= 0.3 is 10.1 Å². The zero-order chi connectivity index (χ0) is 21.3. The van der Waals surface area contributed by atoms with E-state index in [2.05, 4.69) is 6.07 Å². The lowest BCUT2D eigenvalue weighted by atomic mass is 9.78. The third kappa shape index (κ3) is 3.66. The monoisotopic (exact) mass is 422 g/mol. The van der Waals surface area contributed by atoms with Gasteiger partial charge in [0.1, 0.15) is 28.0 Å². The summed E-state index contributed by atoms with van der Waals surface area (Å²) in [6, 6.07) is 15.5. The number of rotatable bonds is 4. The quantitative estimate of drug-likeness (QED) is 0.733. The minimum absolute atomic E-state index is 0.0688. The SMILES string of the molecule is Cc1ccc(S(=O)(=O)Oc2ccccc2C2C(C#N)=C(N)OC3=C2CCCC3)cc1. The molecule has 4 rings (SSSR count). The summed E-state index contributed by atoms with van der Waals surface area (Å²) in [6.45, 7) is 1.88. The Kier molecular flexibility index (Phi) is 5.27. The highest BCUT2D eigenvalue weighted by Gasteiger charge is 2.36. The van der Waals surface area contributed by atoms with Crippen LogP contribution in [0.4, 0.5) is 0 Å². The molecule has 2 N–H and O–H groups in total. The van der Waals surface area contributed by atoms with Crippen LogP contribution in [0, 0.1) is 18.3 Å². The first-order valence-corrected chi connectivity index (χ1v) is 11.2. The summed E-state index contributed by atoms with van der Waals surface area (Å²) in [7, 11) is -4.04. The van der Waals surface area contributed by atoms with Gasteiger partial charge in [0, 0.05) is 12.0 Å². The number of benzene rings is 2. The Labute approximate surface area is 176 Å². The molecule has 1 aliphatic carbocycles. The number of aryl methyl sites for hydroxylation is 1. The zero-order valence-corrected chi connectivity index (χ0v) is 17.4. The Morgan fingerprint density at radius 1 is 1.10 bits per heavy atom. The molecule has 0 radical (unpaired) electrons. The number of allylic oxidation sites excluding steroid dienone is 3. The maximum atomic E-state index is 12.9. The summed E-state index contributed by atoms with van der Waals surface area (Å²) in [6.07, 6.45) is 3.47. The normalized spacial score (nSPS) is 19.0.